The second-order valence-electron chi connectivity index (χ2n) is 6.55. The normalized spacial score (nSPS) is 18.5. The number of hydrogen-bond acceptors (Lipinski definition) is 3. The summed E-state index contributed by atoms with van der Waals surface area (Å²) in [6.45, 7) is 7.25. The van der Waals surface area contributed by atoms with E-state index in [1.807, 2.05) is 12.1 Å². The Labute approximate surface area is 125 Å². The molecule has 0 fully saturated rings. The molecule has 3 nitrogen and oxygen atoms in total. The lowest BCUT2D eigenvalue weighted by molar-refractivity contribution is 0.236. The third-order valence-corrected chi connectivity index (χ3v) is 3.95. The Morgan fingerprint density at radius 3 is 2.48 bits per heavy atom. The van der Waals surface area contributed by atoms with Crippen molar-refractivity contribution in [1.29, 1.82) is 0 Å². The summed E-state index contributed by atoms with van der Waals surface area (Å²) in [5.74, 6) is 1.63. The summed E-state index contributed by atoms with van der Waals surface area (Å²) in [6.07, 6.45) is 0. The average molecular weight is 283 g/mol. The monoisotopic (exact) mass is 283 g/mol. The van der Waals surface area contributed by atoms with E-state index in [9.17, 15) is 0 Å². The van der Waals surface area contributed by atoms with Crippen LogP contribution in [0.5, 0.6) is 5.75 Å². The number of rotatable bonds is 2. The molecule has 1 atom stereocenters. The lowest BCUT2D eigenvalue weighted by Gasteiger charge is -2.21. The van der Waals surface area contributed by atoms with Crippen LogP contribution in [0.1, 0.15) is 26.3 Å². The van der Waals surface area contributed by atoms with E-state index in [2.05, 4.69) is 45.0 Å². The first-order chi connectivity index (χ1) is 9.97. The van der Waals surface area contributed by atoms with Gasteiger partial charge in [-0.1, -0.05) is 32.9 Å². The van der Waals surface area contributed by atoms with Gasteiger partial charge >= 0.3 is 0 Å². The van der Waals surface area contributed by atoms with Crippen molar-refractivity contribution in [3.8, 4) is 5.75 Å². The molecule has 0 radical (unpaired) electrons. The van der Waals surface area contributed by atoms with Crippen LogP contribution in [0.2, 0.25) is 0 Å². The molecule has 3 heteroatoms. The molecule has 0 unspecified atom stereocenters. The van der Waals surface area contributed by atoms with Gasteiger partial charge in [0.05, 0.1) is 13.2 Å². The highest BCUT2D eigenvalue weighted by Gasteiger charge is 2.30. The fourth-order valence-electron chi connectivity index (χ4n) is 2.46. The molecule has 0 aliphatic carbocycles. The standard InChI is InChI=1S/C18H21NO2/c1-18(2,3)16-11-21-17(19-16)14-6-5-13-10-15(20-4)8-7-12(13)9-14/h5-10,16H,11H2,1-4H3/t16-/m1/s1. The number of fused-ring (bicyclic) bond motifs is 1. The smallest absolute Gasteiger partial charge is 0.216 e. The summed E-state index contributed by atoms with van der Waals surface area (Å²) in [5, 5.41) is 2.32. The predicted molar refractivity (Wildman–Crippen MR) is 86.2 cm³/mol. The van der Waals surface area contributed by atoms with Crippen LogP contribution in [0, 0.1) is 5.41 Å². The Balaban J connectivity index is 1.95. The van der Waals surface area contributed by atoms with Crippen LogP contribution >= 0.6 is 0 Å². The largest absolute Gasteiger partial charge is 0.497 e. The maximum atomic E-state index is 5.80. The van der Waals surface area contributed by atoms with Crippen molar-refractivity contribution in [2.24, 2.45) is 10.4 Å². The topological polar surface area (TPSA) is 30.8 Å². The van der Waals surface area contributed by atoms with Gasteiger partial charge in [0, 0.05) is 5.56 Å². The Morgan fingerprint density at radius 1 is 1.10 bits per heavy atom. The van der Waals surface area contributed by atoms with Crippen molar-refractivity contribution in [1.82, 2.24) is 0 Å². The van der Waals surface area contributed by atoms with Crippen LogP contribution in [-0.2, 0) is 4.74 Å². The molecule has 0 spiro atoms. The van der Waals surface area contributed by atoms with Gasteiger partial charge in [-0.25, -0.2) is 4.99 Å². The molecule has 110 valence electrons. The zero-order valence-corrected chi connectivity index (χ0v) is 13.0. The molecule has 1 heterocycles. The molecule has 2 aromatic carbocycles. The highest BCUT2D eigenvalue weighted by Crippen LogP contribution is 2.28. The van der Waals surface area contributed by atoms with Crippen molar-refractivity contribution < 1.29 is 9.47 Å². The first kappa shape index (κ1) is 13.9. The Morgan fingerprint density at radius 2 is 1.81 bits per heavy atom. The minimum absolute atomic E-state index is 0.131. The number of aliphatic imine (C=N–C) groups is 1. The Bertz CT molecular complexity index is 698. The fraction of sp³-hybridized carbons (Fsp3) is 0.389. The number of benzene rings is 2. The van der Waals surface area contributed by atoms with Gasteiger partial charge in [-0.2, -0.15) is 0 Å². The molecule has 1 aliphatic rings. The first-order valence-corrected chi connectivity index (χ1v) is 7.26. The van der Waals surface area contributed by atoms with Gasteiger partial charge in [0.1, 0.15) is 12.4 Å². The summed E-state index contributed by atoms with van der Waals surface area (Å²) < 4.78 is 11.1. The molecule has 3 rings (SSSR count). The number of ether oxygens (including phenoxy) is 2. The van der Waals surface area contributed by atoms with Crippen LogP contribution < -0.4 is 4.74 Å². The van der Waals surface area contributed by atoms with Gasteiger partial charge in [0.25, 0.3) is 0 Å². The molecule has 0 N–H and O–H groups in total. The van der Waals surface area contributed by atoms with Gasteiger partial charge in [-0.3, -0.25) is 0 Å². The van der Waals surface area contributed by atoms with Crippen molar-refractivity contribution in [2.75, 3.05) is 13.7 Å². The highest BCUT2D eigenvalue weighted by molar-refractivity contribution is 5.99. The SMILES string of the molecule is COc1ccc2cc(C3=N[C@@H](C(C)(C)C)CO3)ccc2c1. The average Bonchev–Trinajstić information content (AvgIpc) is 2.96. The summed E-state index contributed by atoms with van der Waals surface area (Å²) >= 11 is 0. The summed E-state index contributed by atoms with van der Waals surface area (Å²) in [5.41, 5.74) is 1.17. The third kappa shape index (κ3) is 2.73. The Kier molecular flexibility index (Phi) is 3.36. The maximum Gasteiger partial charge on any atom is 0.216 e. The molecule has 0 aromatic heterocycles. The quantitative estimate of drug-likeness (QED) is 0.832. The van der Waals surface area contributed by atoms with E-state index in [1.54, 1.807) is 7.11 Å². The minimum atomic E-state index is 0.131. The van der Waals surface area contributed by atoms with Crippen LogP contribution in [0.15, 0.2) is 41.4 Å². The molecule has 0 bridgehead atoms. The molecule has 0 saturated heterocycles. The van der Waals surface area contributed by atoms with Crippen molar-refractivity contribution in [2.45, 2.75) is 26.8 Å². The summed E-state index contributed by atoms with van der Waals surface area (Å²) in [7, 11) is 1.68. The lowest BCUT2D eigenvalue weighted by Crippen LogP contribution is -2.25. The van der Waals surface area contributed by atoms with Crippen LogP contribution in [0.4, 0.5) is 0 Å². The van der Waals surface area contributed by atoms with Gasteiger partial charge in [0.2, 0.25) is 5.90 Å². The van der Waals surface area contributed by atoms with Crippen LogP contribution in [0.25, 0.3) is 10.8 Å². The van der Waals surface area contributed by atoms with E-state index in [0.717, 1.165) is 22.6 Å². The molecular weight excluding hydrogens is 262 g/mol. The minimum Gasteiger partial charge on any atom is -0.497 e. The van der Waals surface area contributed by atoms with Crippen molar-refractivity contribution in [3.63, 3.8) is 0 Å². The molecule has 0 saturated carbocycles. The van der Waals surface area contributed by atoms with E-state index in [1.165, 1.54) is 5.39 Å². The number of methoxy groups -OCH3 is 1. The lowest BCUT2D eigenvalue weighted by atomic mass is 9.88. The summed E-state index contributed by atoms with van der Waals surface area (Å²) in [4.78, 5) is 4.74. The van der Waals surface area contributed by atoms with Gasteiger partial charge < -0.3 is 9.47 Å². The number of hydrogen-bond donors (Lipinski definition) is 0. The van der Waals surface area contributed by atoms with E-state index >= 15 is 0 Å². The molecular formula is C18H21NO2. The van der Waals surface area contributed by atoms with Crippen LogP contribution in [0.3, 0.4) is 0 Å². The second-order valence-corrected chi connectivity index (χ2v) is 6.55. The predicted octanol–water partition coefficient (Wildman–Crippen LogP) is 4.04. The molecule has 1 aliphatic heterocycles. The molecule has 0 amide bonds. The zero-order valence-electron chi connectivity index (χ0n) is 13.0. The van der Waals surface area contributed by atoms with Gasteiger partial charge in [-0.15, -0.1) is 0 Å². The second kappa shape index (κ2) is 5.06. The van der Waals surface area contributed by atoms with E-state index < -0.39 is 0 Å². The number of nitrogens with zero attached hydrogens (tertiary/aromatic N) is 1. The molecule has 21 heavy (non-hydrogen) atoms. The fourth-order valence-corrected chi connectivity index (χ4v) is 2.46. The first-order valence-electron chi connectivity index (χ1n) is 7.26. The molecule has 2 aromatic rings. The van der Waals surface area contributed by atoms with E-state index in [-0.39, 0.29) is 11.5 Å². The maximum absolute atomic E-state index is 5.80. The van der Waals surface area contributed by atoms with Crippen molar-refractivity contribution in [3.05, 3.63) is 42.0 Å². The zero-order chi connectivity index (χ0) is 15.0. The highest BCUT2D eigenvalue weighted by atomic mass is 16.5. The third-order valence-electron chi connectivity index (χ3n) is 3.95. The van der Waals surface area contributed by atoms with E-state index in [4.69, 9.17) is 14.5 Å². The van der Waals surface area contributed by atoms with Gasteiger partial charge in [-0.05, 0) is 40.5 Å². The Hall–Kier alpha value is -2.03. The van der Waals surface area contributed by atoms with E-state index in [0.29, 0.717) is 6.61 Å². The van der Waals surface area contributed by atoms with Gasteiger partial charge in [0.15, 0.2) is 0 Å². The van der Waals surface area contributed by atoms with Crippen molar-refractivity contribution >= 4 is 16.7 Å². The van der Waals surface area contributed by atoms with Crippen LogP contribution in [-0.4, -0.2) is 25.7 Å². The summed E-state index contributed by atoms with van der Waals surface area (Å²) in [6, 6.07) is 12.6.